The Morgan fingerprint density at radius 1 is 1.25 bits per heavy atom. The normalized spacial score (nSPS) is 28.7. The van der Waals surface area contributed by atoms with Gasteiger partial charge < -0.3 is 14.6 Å². The summed E-state index contributed by atoms with van der Waals surface area (Å²) in [6.07, 6.45) is 2.57. The summed E-state index contributed by atoms with van der Waals surface area (Å²) in [4.78, 5) is 0. The average Bonchev–Trinajstić information content (AvgIpc) is 3.10. The van der Waals surface area contributed by atoms with Gasteiger partial charge in [0.05, 0.1) is 26.1 Å². The molecule has 7 heteroatoms. The predicted molar refractivity (Wildman–Crippen MR) is 90.3 cm³/mol. The van der Waals surface area contributed by atoms with E-state index in [9.17, 15) is 13.5 Å². The van der Waals surface area contributed by atoms with E-state index in [0.717, 1.165) is 18.4 Å². The number of aliphatic hydroxyl groups excluding tert-OH is 1. The minimum atomic E-state index is -3.11. The van der Waals surface area contributed by atoms with E-state index in [-0.39, 0.29) is 12.7 Å². The minimum Gasteiger partial charge on any atom is -0.496 e. The molecular weight excluding hydrogens is 330 g/mol. The molecule has 1 saturated carbocycles. The summed E-state index contributed by atoms with van der Waals surface area (Å²) in [7, 11) is -1.50. The van der Waals surface area contributed by atoms with E-state index in [4.69, 9.17) is 9.47 Å². The zero-order valence-corrected chi connectivity index (χ0v) is 14.9. The van der Waals surface area contributed by atoms with Crippen molar-refractivity contribution in [2.24, 2.45) is 11.8 Å². The number of hydrogen-bond acceptors (Lipinski definition) is 5. The molecular formula is C17H25NO5S. The maximum absolute atomic E-state index is 11.7. The quantitative estimate of drug-likeness (QED) is 0.835. The fraction of sp³-hybridized carbons (Fsp3) is 0.647. The van der Waals surface area contributed by atoms with Crippen LogP contribution >= 0.6 is 0 Å². The lowest BCUT2D eigenvalue weighted by Crippen LogP contribution is -2.29. The molecule has 0 spiro atoms. The number of aliphatic hydroxyl groups is 1. The van der Waals surface area contributed by atoms with Crippen LogP contribution in [0.5, 0.6) is 5.75 Å². The number of methoxy groups -OCH3 is 1. The number of para-hydroxylation sites is 1. The van der Waals surface area contributed by atoms with Gasteiger partial charge in [0.2, 0.25) is 10.0 Å². The second-order valence-corrected chi connectivity index (χ2v) is 8.73. The van der Waals surface area contributed by atoms with E-state index in [1.807, 2.05) is 24.3 Å². The van der Waals surface area contributed by atoms with Crippen LogP contribution in [0.15, 0.2) is 24.3 Å². The van der Waals surface area contributed by atoms with Gasteiger partial charge in [0.1, 0.15) is 11.9 Å². The fourth-order valence-electron chi connectivity index (χ4n) is 3.96. The fourth-order valence-corrected chi connectivity index (χ4v) is 4.89. The van der Waals surface area contributed by atoms with Gasteiger partial charge in [-0.25, -0.2) is 12.7 Å². The second-order valence-electron chi connectivity index (χ2n) is 6.74. The van der Waals surface area contributed by atoms with E-state index in [1.165, 1.54) is 6.26 Å². The number of hydrogen-bond donors (Lipinski definition) is 1. The van der Waals surface area contributed by atoms with Crippen molar-refractivity contribution in [3.05, 3.63) is 29.8 Å². The van der Waals surface area contributed by atoms with Crippen LogP contribution in [0.4, 0.5) is 0 Å². The largest absolute Gasteiger partial charge is 0.496 e. The Morgan fingerprint density at radius 2 is 1.88 bits per heavy atom. The Labute approximate surface area is 143 Å². The summed E-state index contributed by atoms with van der Waals surface area (Å²) in [6, 6.07) is 7.54. The van der Waals surface area contributed by atoms with Gasteiger partial charge in [0.25, 0.3) is 0 Å². The van der Waals surface area contributed by atoms with Crippen molar-refractivity contribution in [1.29, 1.82) is 0 Å². The molecule has 2 aliphatic rings. The predicted octanol–water partition coefficient (Wildman–Crippen LogP) is 1.42. The van der Waals surface area contributed by atoms with E-state index in [2.05, 4.69) is 0 Å². The third-order valence-electron chi connectivity index (χ3n) is 5.15. The van der Waals surface area contributed by atoms with Crippen molar-refractivity contribution in [3.63, 3.8) is 0 Å². The number of nitrogens with zero attached hydrogens (tertiary/aromatic N) is 1. The first-order valence-electron chi connectivity index (χ1n) is 8.26. The van der Waals surface area contributed by atoms with Gasteiger partial charge in [-0.3, -0.25) is 0 Å². The third-order valence-corrected chi connectivity index (χ3v) is 6.39. The van der Waals surface area contributed by atoms with Crippen LogP contribution in [-0.2, 0) is 14.8 Å². The van der Waals surface area contributed by atoms with Crippen LogP contribution in [0.2, 0.25) is 0 Å². The lowest BCUT2D eigenvalue weighted by molar-refractivity contribution is -0.0421. The highest BCUT2D eigenvalue weighted by atomic mass is 32.2. The van der Waals surface area contributed by atoms with Crippen LogP contribution in [-0.4, -0.2) is 57.0 Å². The summed E-state index contributed by atoms with van der Waals surface area (Å²) in [5, 5.41) is 9.74. The molecule has 1 N–H and O–H groups in total. The Hall–Kier alpha value is -1.15. The van der Waals surface area contributed by atoms with Gasteiger partial charge in [0, 0.05) is 18.7 Å². The summed E-state index contributed by atoms with van der Waals surface area (Å²) in [5.41, 5.74) is 0.845. The van der Waals surface area contributed by atoms with E-state index >= 15 is 0 Å². The molecule has 0 bridgehead atoms. The van der Waals surface area contributed by atoms with Gasteiger partial charge in [0.15, 0.2) is 0 Å². The lowest BCUT2D eigenvalue weighted by atomic mass is 10.0. The Morgan fingerprint density at radius 3 is 2.42 bits per heavy atom. The van der Waals surface area contributed by atoms with Crippen LogP contribution < -0.4 is 4.74 Å². The summed E-state index contributed by atoms with van der Waals surface area (Å²) < 4.78 is 36.4. The summed E-state index contributed by atoms with van der Waals surface area (Å²) >= 11 is 0. The smallest absolute Gasteiger partial charge is 0.211 e. The molecule has 1 heterocycles. The van der Waals surface area contributed by atoms with Gasteiger partial charge in [-0.05, 0) is 30.7 Å². The Balaban J connectivity index is 1.64. The highest BCUT2D eigenvalue weighted by Gasteiger charge is 2.44. The SMILES string of the molecule is COc1ccccc1C(CO)OC1CC2CN(S(C)(=O)=O)CC2C1. The highest BCUT2D eigenvalue weighted by Crippen LogP contribution is 2.42. The summed E-state index contributed by atoms with van der Waals surface area (Å²) in [6.45, 7) is 1.06. The molecule has 6 nitrogen and oxygen atoms in total. The van der Waals surface area contributed by atoms with Crippen molar-refractivity contribution in [1.82, 2.24) is 4.31 Å². The van der Waals surface area contributed by atoms with Gasteiger partial charge >= 0.3 is 0 Å². The van der Waals surface area contributed by atoms with Crippen molar-refractivity contribution in [2.75, 3.05) is 33.1 Å². The molecule has 1 aromatic carbocycles. The second kappa shape index (κ2) is 7.00. The Bertz CT molecular complexity index is 663. The molecule has 24 heavy (non-hydrogen) atoms. The number of rotatable bonds is 6. The van der Waals surface area contributed by atoms with Gasteiger partial charge in [-0.1, -0.05) is 18.2 Å². The topological polar surface area (TPSA) is 76.1 Å². The molecule has 0 aromatic heterocycles. The molecule has 134 valence electrons. The molecule has 3 rings (SSSR count). The number of ether oxygens (including phenoxy) is 2. The molecule has 3 unspecified atom stereocenters. The van der Waals surface area contributed by atoms with Crippen LogP contribution in [0.25, 0.3) is 0 Å². The Kier molecular flexibility index (Phi) is 5.15. The van der Waals surface area contributed by atoms with Crippen molar-refractivity contribution in [3.8, 4) is 5.75 Å². The zero-order valence-electron chi connectivity index (χ0n) is 14.1. The molecule has 3 atom stereocenters. The summed E-state index contributed by atoms with van der Waals surface area (Å²) in [5.74, 6) is 1.40. The highest BCUT2D eigenvalue weighted by molar-refractivity contribution is 7.88. The van der Waals surface area contributed by atoms with E-state index in [0.29, 0.717) is 30.7 Å². The molecule has 1 aromatic rings. The number of sulfonamides is 1. The molecule has 1 saturated heterocycles. The van der Waals surface area contributed by atoms with Crippen LogP contribution in [0, 0.1) is 11.8 Å². The van der Waals surface area contributed by atoms with Crippen molar-refractivity contribution < 1.29 is 23.0 Å². The molecule has 1 aliphatic heterocycles. The average molecular weight is 355 g/mol. The van der Waals surface area contributed by atoms with Crippen molar-refractivity contribution in [2.45, 2.75) is 25.0 Å². The maximum atomic E-state index is 11.7. The first-order valence-corrected chi connectivity index (χ1v) is 10.1. The molecule has 1 aliphatic carbocycles. The zero-order chi connectivity index (χ0) is 17.3. The molecule has 2 fully saturated rings. The van der Waals surface area contributed by atoms with Crippen molar-refractivity contribution >= 4 is 10.0 Å². The van der Waals surface area contributed by atoms with Crippen LogP contribution in [0.3, 0.4) is 0 Å². The van der Waals surface area contributed by atoms with Crippen LogP contribution in [0.1, 0.15) is 24.5 Å². The lowest BCUT2D eigenvalue weighted by Gasteiger charge is -2.24. The standard InChI is InChI=1S/C17H25NO5S/c1-22-16-6-4-3-5-15(16)17(11-19)23-14-7-12-9-18(24(2,20)21)10-13(12)8-14/h3-6,12-14,17,19H,7-11H2,1-2H3. The minimum absolute atomic E-state index is 0.0452. The number of benzene rings is 1. The first kappa shape index (κ1) is 17.7. The first-order chi connectivity index (χ1) is 11.4. The maximum Gasteiger partial charge on any atom is 0.211 e. The van der Waals surface area contributed by atoms with E-state index < -0.39 is 16.1 Å². The molecule has 0 amide bonds. The molecule has 0 radical (unpaired) electrons. The van der Waals surface area contributed by atoms with E-state index in [1.54, 1.807) is 11.4 Å². The monoisotopic (exact) mass is 355 g/mol. The number of fused-ring (bicyclic) bond motifs is 1. The van der Waals surface area contributed by atoms with Gasteiger partial charge in [-0.2, -0.15) is 0 Å². The van der Waals surface area contributed by atoms with Gasteiger partial charge in [-0.15, -0.1) is 0 Å². The third kappa shape index (κ3) is 3.59.